The first kappa shape index (κ1) is 8.66. The molecule has 0 amide bonds. The van der Waals surface area contributed by atoms with Crippen LogP contribution in [0.4, 0.5) is 0 Å². The molecule has 4 nitrogen and oxygen atoms in total. The predicted octanol–water partition coefficient (Wildman–Crippen LogP) is 0.931. The van der Waals surface area contributed by atoms with Gasteiger partial charge in [-0.25, -0.2) is 0 Å². The normalized spacial score (nSPS) is 16.1. The Morgan fingerprint density at radius 2 is 2.55 bits per heavy atom. The lowest BCUT2D eigenvalue weighted by molar-refractivity contribution is 0.264. The van der Waals surface area contributed by atoms with Crippen LogP contribution in [0.15, 0.2) is 22.8 Å². The van der Waals surface area contributed by atoms with Crippen LogP contribution in [-0.2, 0) is 31.0 Å². The number of hydrogen-bond acceptors (Lipinski definition) is 4. The molecule has 0 fully saturated rings. The first-order chi connectivity index (χ1) is 5.08. The summed E-state index contributed by atoms with van der Waals surface area (Å²) in [6.45, 7) is -0.0775. The summed E-state index contributed by atoms with van der Waals surface area (Å²) in [5.74, 6) is 0.469. The molecule has 1 aromatic rings. The average molecular weight is 194 g/mol. The number of hydrogen-bond donors (Lipinski definition) is 1. The standard InChI is InChI=1S/C5H6O4S2/c6-11(7,10)9-4-5-2-1-3-8-5/h1-3H,4H2,(H,6,7,10). The molecule has 1 atom stereocenters. The predicted molar refractivity (Wildman–Crippen MR) is 41.6 cm³/mol. The molecule has 0 aliphatic rings. The summed E-state index contributed by atoms with van der Waals surface area (Å²) in [5, 5.41) is 0. The number of furan rings is 1. The van der Waals surface area contributed by atoms with Crippen molar-refractivity contribution in [2.45, 2.75) is 6.61 Å². The van der Waals surface area contributed by atoms with Crippen LogP contribution in [-0.4, -0.2) is 8.76 Å². The highest BCUT2D eigenvalue weighted by atomic mass is 32.9. The fraction of sp³-hybridized carbons (Fsp3) is 0.200. The first-order valence-corrected chi connectivity index (χ1v) is 5.09. The molecular formula is C5H6O4S2. The molecule has 0 spiro atoms. The maximum absolute atomic E-state index is 10.4. The summed E-state index contributed by atoms with van der Waals surface area (Å²) in [4.78, 5) is 0. The second-order valence-corrected chi connectivity index (χ2v) is 4.12. The van der Waals surface area contributed by atoms with Gasteiger partial charge in [0, 0.05) is 11.2 Å². The summed E-state index contributed by atoms with van der Waals surface area (Å²) in [7, 11) is -3.53. The van der Waals surface area contributed by atoms with E-state index in [1.54, 1.807) is 12.1 Å². The average Bonchev–Trinajstić information content (AvgIpc) is 2.32. The summed E-state index contributed by atoms with van der Waals surface area (Å²) in [6.07, 6.45) is 1.45. The molecule has 0 saturated heterocycles. The Morgan fingerprint density at radius 3 is 3.00 bits per heavy atom. The molecule has 1 rings (SSSR count). The van der Waals surface area contributed by atoms with E-state index >= 15 is 0 Å². The molecular weight excluding hydrogens is 188 g/mol. The van der Waals surface area contributed by atoms with Gasteiger partial charge in [0.25, 0.3) is 9.05 Å². The van der Waals surface area contributed by atoms with Gasteiger partial charge in [0.05, 0.1) is 6.26 Å². The lowest BCUT2D eigenvalue weighted by atomic mass is 10.5. The van der Waals surface area contributed by atoms with Crippen LogP contribution in [0, 0.1) is 0 Å². The van der Waals surface area contributed by atoms with E-state index in [0.29, 0.717) is 5.76 Å². The van der Waals surface area contributed by atoms with Crippen molar-refractivity contribution < 1.29 is 17.4 Å². The van der Waals surface area contributed by atoms with Crippen LogP contribution in [0.5, 0.6) is 0 Å². The highest BCUT2D eigenvalue weighted by Gasteiger charge is 2.01. The Labute approximate surface area is 68.9 Å². The molecule has 0 bridgehead atoms. The molecule has 0 aliphatic heterocycles. The lowest BCUT2D eigenvalue weighted by Gasteiger charge is -1.97. The van der Waals surface area contributed by atoms with Crippen molar-refractivity contribution in [3.8, 4) is 0 Å². The highest BCUT2D eigenvalue weighted by molar-refractivity contribution is 8.27. The van der Waals surface area contributed by atoms with Gasteiger partial charge in [-0.2, -0.15) is 4.21 Å². The minimum Gasteiger partial charge on any atom is -0.467 e. The third-order valence-electron chi connectivity index (χ3n) is 0.930. The molecule has 11 heavy (non-hydrogen) atoms. The van der Waals surface area contributed by atoms with E-state index in [1.807, 2.05) is 0 Å². The number of rotatable bonds is 3. The van der Waals surface area contributed by atoms with Crippen LogP contribution >= 0.6 is 0 Å². The Bertz CT molecular complexity index is 299. The van der Waals surface area contributed by atoms with E-state index < -0.39 is 9.05 Å². The molecule has 62 valence electrons. The summed E-state index contributed by atoms with van der Waals surface area (Å²) >= 11 is 4.08. The lowest BCUT2D eigenvalue weighted by Crippen LogP contribution is -2.00. The molecule has 6 heteroatoms. The monoisotopic (exact) mass is 194 g/mol. The topological polar surface area (TPSA) is 59.7 Å². The van der Waals surface area contributed by atoms with Crippen molar-refractivity contribution >= 4 is 20.2 Å². The van der Waals surface area contributed by atoms with Gasteiger partial charge in [-0.15, -0.1) is 0 Å². The van der Waals surface area contributed by atoms with Crippen LogP contribution in [0.25, 0.3) is 0 Å². The molecule has 0 saturated carbocycles. The van der Waals surface area contributed by atoms with Gasteiger partial charge in [0.15, 0.2) is 0 Å². The zero-order valence-electron chi connectivity index (χ0n) is 5.43. The van der Waals surface area contributed by atoms with E-state index in [0.717, 1.165) is 0 Å². The SMILES string of the molecule is O=S(O)(=S)OCc1ccco1. The molecule has 1 heterocycles. The smallest absolute Gasteiger partial charge is 0.266 e. The van der Waals surface area contributed by atoms with E-state index in [2.05, 4.69) is 15.4 Å². The Morgan fingerprint density at radius 1 is 1.82 bits per heavy atom. The Hall–Kier alpha value is -0.430. The maximum Gasteiger partial charge on any atom is 0.266 e. The fourth-order valence-electron chi connectivity index (χ4n) is 0.527. The minimum absolute atomic E-state index is 0.0775. The van der Waals surface area contributed by atoms with Crippen molar-refractivity contribution in [1.82, 2.24) is 0 Å². The van der Waals surface area contributed by atoms with Gasteiger partial charge < -0.3 is 4.42 Å². The van der Waals surface area contributed by atoms with Crippen LogP contribution in [0.1, 0.15) is 5.76 Å². The second-order valence-electron chi connectivity index (χ2n) is 1.77. The van der Waals surface area contributed by atoms with Crippen LogP contribution in [0.3, 0.4) is 0 Å². The highest BCUT2D eigenvalue weighted by Crippen LogP contribution is 2.03. The first-order valence-electron chi connectivity index (χ1n) is 2.72. The quantitative estimate of drug-likeness (QED) is 0.775. The molecule has 1 N–H and O–H groups in total. The summed E-state index contributed by atoms with van der Waals surface area (Å²) in [5.41, 5.74) is 0. The van der Waals surface area contributed by atoms with E-state index in [1.165, 1.54) is 6.26 Å². The van der Waals surface area contributed by atoms with Crippen molar-refractivity contribution in [2.75, 3.05) is 0 Å². The fourth-order valence-corrected chi connectivity index (χ4v) is 0.937. The molecule has 1 aromatic heterocycles. The van der Waals surface area contributed by atoms with Gasteiger partial charge in [0.1, 0.15) is 12.4 Å². The van der Waals surface area contributed by atoms with E-state index in [4.69, 9.17) is 8.97 Å². The van der Waals surface area contributed by atoms with Gasteiger partial charge in [-0.1, -0.05) is 0 Å². The van der Waals surface area contributed by atoms with Gasteiger partial charge >= 0.3 is 0 Å². The van der Waals surface area contributed by atoms with Crippen molar-refractivity contribution in [1.29, 1.82) is 0 Å². The van der Waals surface area contributed by atoms with Crippen molar-refractivity contribution in [3.63, 3.8) is 0 Å². The van der Waals surface area contributed by atoms with Gasteiger partial charge in [-0.3, -0.25) is 8.74 Å². The largest absolute Gasteiger partial charge is 0.467 e. The third-order valence-corrected chi connectivity index (χ3v) is 1.63. The van der Waals surface area contributed by atoms with Crippen molar-refractivity contribution in [2.24, 2.45) is 0 Å². The molecule has 0 radical (unpaired) electrons. The zero-order valence-corrected chi connectivity index (χ0v) is 7.06. The Kier molecular flexibility index (Phi) is 2.61. The zero-order chi connectivity index (χ0) is 8.32. The minimum atomic E-state index is -3.53. The van der Waals surface area contributed by atoms with Gasteiger partial charge in [0.2, 0.25) is 0 Å². The molecule has 0 aromatic carbocycles. The third kappa shape index (κ3) is 3.47. The van der Waals surface area contributed by atoms with Crippen LogP contribution in [0.2, 0.25) is 0 Å². The van der Waals surface area contributed by atoms with Crippen molar-refractivity contribution in [3.05, 3.63) is 24.2 Å². The summed E-state index contributed by atoms with van der Waals surface area (Å²) in [6, 6.07) is 3.28. The van der Waals surface area contributed by atoms with Crippen LogP contribution < -0.4 is 0 Å². The maximum atomic E-state index is 10.4. The van der Waals surface area contributed by atoms with E-state index in [-0.39, 0.29) is 6.61 Å². The molecule has 0 aliphatic carbocycles. The van der Waals surface area contributed by atoms with Gasteiger partial charge in [-0.05, 0) is 12.1 Å². The molecule has 1 unspecified atom stereocenters. The summed E-state index contributed by atoms with van der Waals surface area (Å²) < 4.78 is 28.1. The Balaban J connectivity index is 2.48. The van der Waals surface area contributed by atoms with E-state index in [9.17, 15) is 4.21 Å². The second kappa shape index (κ2) is 3.31.